The summed E-state index contributed by atoms with van der Waals surface area (Å²) in [7, 11) is 0. The molecule has 84 valence electrons. The van der Waals surface area contributed by atoms with E-state index in [1.165, 1.54) is 0 Å². The highest BCUT2D eigenvalue weighted by molar-refractivity contribution is 6.01. The molecule has 1 aliphatic rings. The number of ether oxygens (including phenoxy) is 1. The number of carbonyl (C=O) groups excluding carboxylic acids is 1. The van der Waals surface area contributed by atoms with Crippen LogP contribution >= 0.6 is 0 Å². The van der Waals surface area contributed by atoms with Crippen molar-refractivity contribution < 1.29 is 9.53 Å². The third-order valence-corrected chi connectivity index (χ3v) is 2.90. The predicted molar refractivity (Wildman–Crippen MR) is 65.9 cm³/mol. The minimum atomic E-state index is -0.197. The Kier molecular flexibility index (Phi) is 2.50. The Bertz CT molecular complexity index is 525. The maximum Gasteiger partial charge on any atom is 0.193 e. The van der Waals surface area contributed by atoms with Crippen molar-refractivity contribution in [1.82, 2.24) is 0 Å². The van der Waals surface area contributed by atoms with E-state index in [4.69, 9.17) is 4.74 Å². The van der Waals surface area contributed by atoms with Gasteiger partial charge in [0.05, 0.1) is 6.61 Å². The number of ketones is 1. The van der Waals surface area contributed by atoms with E-state index in [0.717, 1.165) is 16.7 Å². The number of carbonyl (C=O) groups is 1. The first-order valence-corrected chi connectivity index (χ1v) is 5.66. The van der Waals surface area contributed by atoms with Crippen LogP contribution in [0.2, 0.25) is 0 Å². The molecule has 0 N–H and O–H groups in total. The van der Waals surface area contributed by atoms with Gasteiger partial charge in [0.2, 0.25) is 0 Å². The highest BCUT2D eigenvalue weighted by atomic mass is 16.6. The maximum absolute atomic E-state index is 11.7. The lowest BCUT2D eigenvalue weighted by atomic mass is 10.0. The van der Waals surface area contributed by atoms with Crippen molar-refractivity contribution >= 4 is 5.78 Å². The van der Waals surface area contributed by atoms with E-state index >= 15 is 0 Å². The molecule has 1 saturated heterocycles. The number of rotatable bonds is 3. The van der Waals surface area contributed by atoms with Crippen LogP contribution in [0.25, 0.3) is 11.1 Å². The average Bonchev–Trinajstić information content (AvgIpc) is 3.24. The lowest BCUT2D eigenvalue weighted by Crippen LogP contribution is -2.06. The molecule has 1 aliphatic heterocycles. The van der Waals surface area contributed by atoms with Crippen molar-refractivity contribution in [3.63, 3.8) is 0 Å². The first kappa shape index (κ1) is 10.2. The van der Waals surface area contributed by atoms with Crippen LogP contribution in [0.3, 0.4) is 0 Å². The zero-order valence-electron chi connectivity index (χ0n) is 9.30. The second-order valence-electron chi connectivity index (χ2n) is 4.13. The zero-order chi connectivity index (χ0) is 11.7. The molecule has 0 bridgehead atoms. The molecule has 1 fully saturated rings. The largest absolute Gasteiger partial charge is 0.364 e. The molecule has 0 aromatic heterocycles. The first-order valence-electron chi connectivity index (χ1n) is 5.66. The quantitative estimate of drug-likeness (QED) is 0.592. The summed E-state index contributed by atoms with van der Waals surface area (Å²) in [6.45, 7) is 0.569. The van der Waals surface area contributed by atoms with Gasteiger partial charge in [0.15, 0.2) is 5.78 Å². The fourth-order valence-electron chi connectivity index (χ4n) is 1.84. The number of Topliss-reactive ketones (excluding diaryl/α,β-unsaturated/α-hetero) is 1. The lowest BCUT2D eigenvalue weighted by Gasteiger charge is -2.02. The highest BCUT2D eigenvalue weighted by Crippen LogP contribution is 2.21. The number of hydrogen-bond donors (Lipinski definition) is 0. The van der Waals surface area contributed by atoms with Crippen LogP contribution in [0, 0.1) is 0 Å². The lowest BCUT2D eigenvalue weighted by molar-refractivity contribution is 0.0953. The topological polar surface area (TPSA) is 29.6 Å². The molecule has 0 spiro atoms. The molecular weight excluding hydrogens is 212 g/mol. The summed E-state index contributed by atoms with van der Waals surface area (Å²) in [6, 6.07) is 17.8. The summed E-state index contributed by atoms with van der Waals surface area (Å²) in [5.41, 5.74) is 3.01. The summed E-state index contributed by atoms with van der Waals surface area (Å²) >= 11 is 0. The van der Waals surface area contributed by atoms with Gasteiger partial charge in [-0.15, -0.1) is 0 Å². The minimum Gasteiger partial charge on any atom is -0.364 e. The molecule has 1 unspecified atom stereocenters. The second kappa shape index (κ2) is 4.15. The van der Waals surface area contributed by atoms with Crippen molar-refractivity contribution in [3.8, 4) is 11.1 Å². The van der Waals surface area contributed by atoms with E-state index in [0.29, 0.717) is 6.61 Å². The Morgan fingerprint density at radius 2 is 1.53 bits per heavy atom. The standard InChI is InChI=1S/C15H12O2/c16-15(14-10-17-14)13-8-6-12(7-9-13)11-4-2-1-3-5-11/h1-9,14H,10H2. The van der Waals surface area contributed by atoms with Crippen molar-refractivity contribution in [1.29, 1.82) is 0 Å². The summed E-state index contributed by atoms with van der Waals surface area (Å²) in [6.07, 6.45) is -0.197. The van der Waals surface area contributed by atoms with Gasteiger partial charge in [0.25, 0.3) is 0 Å². The van der Waals surface area contributed by atoms with Gasteiger partial charge in [0, 0.05) is 5.56 Å². The molecule has 3 rings (SSSR count). The smallest absolute Gasteiger partial charge is 0.193 e. The Hall–Kier alpha value is -1.93. The number of epoxide rings is 1. The maximum atomic E-state index is 11.7. The summed E-state index contributed by atoms with van der Waals surface area (Å²) in [4.78, 5) is 11.7. The van der Waals surface area contributed by atoms with Gasteiger partial charge in [-0.1, -0.05) is 54.6 Å². The van der Waals surface area contributed by atoms with Crippen molar-refractivity contribution in [3.05, 3.63) is 60.2 Å². The zero-order valence-corrected chi connectivity index (χ0v) is 9.30. The van der Waals surface area contributed by atoms with Gasteiger partial charge in [-0.05, 0) is 11.1 Å². The molecule has 0 saturated carbocycles. The van der Waals surface area contributed by atoms with Gasteiger partial charge < -0.3 is 4.74 Å². The van der Waals surface area contributed by atoms with Crippen molar-refractivity contribution in [2.24, 2.45) is 0 Å². The fraction of sp³-hybridized carbons (Fsp3) is 0.133. The van der Waals surface area contributed by atoms with Gasteiger partial charge in [-0.3, -0.25) is 4.79 Å². The first-order chi connectivity index (χ1) is 8.34. The van der Waals surface area contributed by atoms with E-state index in [2.05, 4.69) is 12.1 Å². The van der Waals surface area contributed by atoms with Crippen LogP contribution in [-0.2, 0) is 4.74 Å². The summed E-state index contributed by atoms with van der Waals surface area (Å²) < 4.78 is 4.99. The summed E-state index contributed by atoms with van der Waals surface area (Å²) in [5, 5.41) is 0. The van der Waals surface area contributed by atoms with Gasteiger partial charge in [0.1, 0.15) is 6.10 Å². The number of benzene rings is 2. The molecule has 1 heterocycles. The van der Waals surface area contributed by atoms with Gasteiger partial charge >= 0.3 is 0 Å². The van der Waals surface area contributed by atoms with E-state index in [9.17, 15) is 4.79 Å². The van der Waals surface area contributed by atoms with Crippen LogP contribution < -0.4 is 0 Å². The Morgan fingerprint density at radius 1 is 0.941 bits per heavy atom. The van der Waals surface area contributed by atoms with Crippen LogP contribution in [0.1, 0.15) is 10.4 Å². The van der Waals surface area contributed by atoms with Crippen molar-refractivity contribution in [2.45, 2.75) is 6.10 Å². The summed E-state index contributed by atoms with van der Waals surface area (Å²) in [5.74, 6) is 0.0876. The van der Waals surface area contributed by atoms with E-state index < -0.39 is 0 Å². The fourth-order valence-corrected chi connectivity index (χ4v) is 1.84. The molecular formula is C15H12O2. The van der Waals surface area contributed by atoms with Crippen LogP contribution in [0.5, 0.6) is 0 Å². The molecule has 2 aromatic carbocycles. The van der Waals surface area contributed by atoms with Crippen molar-refractivity contribution in [2.75, 3.05) is 6.61 Å². The highest BCUT2D eigenvalue weighted by Gasteiger charge is 2.31. The Labute approximate surface area is 99.9 Å². The molecule has 0 aliphatic carbocycles. The van der Waals surface area contributed by atoms with Gasteiger partial charge in [-0.2, -0.15) is 0 Å². The Balaban J connectivity index is 1.87. The average molecular weight is 224 g/mol. The van der Waals surface area contributed by atoms with Crippen LogP contribution in [-0.4, -0.2) is 18.5 Å². The molecule has 2 heteroatoms. The Morgan fingerprint density at radius 3 is 2.12 bits per heavy atom. The van der Waals surface area contributed by atoms with Gasteiger partial charge in [-0.25, -0.2) is 0 Å². The minimum absolute atomic E-state index is 0.0876. The molecule has 17 heavy (non-hydrogen) atoms. The molecule has 2 aromatic rings. The van der Waals surface area contributed by atoms with E-state index in [-0.39, 0.29) is 11.9 Å². The SMILES string of the molecule is O=C(c1ccc(-c2ccccc2)cc1)C1CO1. The normalized spacial score (nSPS) is 17.8. The third-order valence-electron chi connectivity index (χ3n) is 2.90. The second-order valence-corrected chi connectivity index (χ2v) is 4.13. The molecule has 0 radical (unpaired) electrons. The predicted octanol–water partition coefficient (Wildman–Crippen LogP) is 2.94. The van der Waals surface area contributed by atoms with Crippen LogP contribution in [0.4, 0.5) is 0 Å². The molecule has 2 nitrogen and oxygen atoms in total. The van der Waals surface area contributed by atoms with E-state index in [1.54, 1.807) is 0 Å². The van der Waals surface area contributed by atoms with Crippen LogP contribution in [0.15, 0.2) is 54.6 Å². The third kappa shape index (κ3) is 2.12. The number of hydrogen-bond acceptors (Lipinski definition) is 2. The molecule has 0 amide bonds. The van der Waals surface area contributed by atoms with E-state index in [1.807, 2.05) is 42.5 Å². The monoisotopic (exact) mass is 224 g/mol. The molecule has 1 atom stereocenters.